The number of halogens is 3. The smallest absolute Gasteiger partial charge is 0.353 e. The lowest BCUT2D eigenvalue weighted by Crippen LogP contribution is -1.96. The highest BCUT2D eigenvalue weighted by atomic mass is 79.9. The number of carbonyl (C=O) groups is 1. The number of hydrogen-bond donors (Lipinski definition) is 2. The van der Waals surface area contributed by atoms with E-state index in [0.29, 0.717) is 0 Å². The van der Waals surface area contributed by atoms with Crippen molar-refractivity contribution < 1.29 is 18.7 Å². The van der Waals surface area contributed by atoms with E-state index >= 15 is 0 Å². The van der Waals surface area contributed by atoms with Crippen LogP contribution in [-0.2, 0) is 0 Å². The number of nitrogens with one attached hydrogen (secondary N) is 1. The lowest BCUT2D eigenvalue weighted by Gasteiger charge is -2.02. The summed E-state index contributed by atoms with van der Waals surface area (Å²) in [6.45, 7) is 0. The topological polar surface area (TPSA) is 66.0 Å². The summed E-state index contributed by atoms with van der Waals surface area (Å²) in [4.78, 5) is 16.9. The second-order valence-corrected chi connectivity index (χ2v) is 3.97. The Hall–Kier alpha value is -1.76. The van der Waals surface area contributed by atoms with Crippen LogP contribution in [0.4, 0.5) is 8.78 Å². The van der Waals surface area contributed by atoms with Crippen LogP contribution in [0.1, 0.15) is 10.5 Å². The van der Waals surface area contributed by atoms with Crippen LogP contribution in [0.2, 0.25) is 0 Å². The molecule has 1 aromatic carbocycles. The van der Waals surface area contributed by atoms with Crippen LogP contribution in [0.15, 0.2) is 22.8 Å². The van der Waals surface area contributed by atoms with Gasteiger partial charge < -0.3 is 10.1 Å². The predicted octanol–water partition coefficient (Wildman–Crippen LogP) is 2.82. The van der Waals surface area contributed by atoms with Gasteiger partial charge in [0.25, 0.3) is 0 Å². The van der Waals surface area contributed by atoms with Gasteiger partial charge in [-0.25, -0.2) is 18.6 Å². The van der Waals surface area contributed by atoms with E-state index in [1.807, 2.05) is 0 Å². The summed E-state index contributed by atoms with van der Waals surface area (Å²) in [5, 5.41) is 8.70. The summed E-state index contributed by atoms with van der Waals surface area (Å²) in [7, 11) is 0. The number of aromatic carboxylic acids is 1. The Labute approximate surface area is 102 Å². The fraction of sp³-hybridized carbons (Fsp3) is 0. The van der Waals surface area contributed by atoms with Crippen LogP contribution in [0.25, 0.3) is 11.4 Å². The molecule has 17 heavy (non-hydrogen) atoms. The standard InChI is InChI=1S/C10H5BrF2N2O2/c11-7-4(1-2-5(12)8(7)13)9-14-3-6(15-9)10(16)17/h1-3H,(H,14,15)(H,16,17). The fourth-order valence-corrected chi connectivity index (χ4v) is 1.78. The maximum Gasteiger partial charge on any atom is 0.353 e. The maximum atomic E-state index is 13.3. The Kier molecular flexibility index (Phi) is 2.93. The van der Waals surface area contributed by atoms with Crippen LogP contribution < -0.4 is 0 Å². The minimum Gasteiger partial charge on any atom is -0.477 e. The highest BCUT2D eigenvalue weighted by Crippen LogP contribution is 2.29. The van der Waals surface area contributed by atoms with Crippen molar-refractivity contribution in [1.29, 1.82) is 0 Å². The molecule has 0 atom stereocenters. The Morgan fingerprint density at radius 1 is 1.41 bits per heavy atom. The zero-order valence-electron chi connectivity index (χ0n) is 8.17. The molecular weight excluding hydrogens is 298 g/mol. The summed E-state index contributed by atoms with van der Waals surface area (Å²) in [5.74, 6) is -3.07. The van der Waals surface area contributed by atoms with Crippen LogP contribution in [-0.4, -0.2) is 21.0 Å². The number of hydrogen-bond acceptors (Lipinski definition) is 2. The number of carboxylic acids is 1. The monoisotopic (exact) mass is 302 g/mol. The molecule has 0 amide bonds. The van der Waals surface area contributed by atoms with Crippen molar-refractivity contribution in [1.82, 2.24) is 9.97 Å². The van der Waals surface area contributed by atoms with E-state index in [4.69, 9.17) is 5.11 Å². The predicted molar refractivity (Wildman–Crippen MR) is 58.6 cm³/mol. The third-order valence-corrected chi connectivity index (χ3v) is 2.87. The van der Waals surface area contributed by atoms with Crippen molar-refractivity contribution in [3.8, 4) is 11.4 Å². The number of carboxylic acid groups (broad SMARTS) is 1. The van der Waals surface area contributed by atoms with Crippen molar-refractivity contribution in [2.24, 2.45) is 0 Å². The van der Waals surface area contributed by atoms with Gasteiger partial charge in [-0.1, -0.05) is 0 Å². The first-order valence-corrected chi connectivity index (χ1v) is 5.22. The normalized spacial score (nSPS) is 10.5. The molecule has 0 aliphatic heterocycles. The number of H-pyrrole nitrogens is 1. The molecule has 2 aromatic rings. The quantitative estimate of drug-likeness (QED) is 0.838. The average Bonchev–Trinajstić information content (AvgIpc) is 2.75. The number of aromatic amines is 1. The van der Waals surface area contributed by atoms with Gasteiger partial charge >= 0.3 is 5.97 Å². The van der Waals surface area contributed by atoms with E-state index < -0.39 is 17.6 Å². The summed E-state index contributed by atoms with van der Waals surface area (Å²) < 4.78 is 26.0. The largest absolute Gasteiger partial charge is 0.477 e. The molecule has 0 bridgehead atoms. The SMILES string of the molecule is O=C(O)c1cnc(-c2ccc(F)c(F)c2Br)[nH]1. The van der Waals surface area contributed by atoms with Crippen molar-refractivity contribution in [3.63, 3.8) is 0 Å². The van der Waals surface area contributed by atoms with Crippen molar-refractivity contribution in [2.75, 3.05) is 0 Å². The molecule has 0 saturated carbocycles. The van der Waals surface area contributed by atoms with Crippen molar-refractivity contribution >= 4 is 21.9 Å². The molecule has 7 heteroatoms. The minimum atomic E-state index is -1.18. The van der Waals surface area contributed by atoms with E-state index in [9.17, 15) is 13.6 Å². The van der Waals surface area contributed by atoms with Gasteiger partial charge in [0, 0.05) is 5.56 Å². The number of aromatic nitrogens is 2. The van der Waals surface area contributed by atoms with E-state index in [0.717, 1.165) is 12.3 Å². The Bertz CT molecular complexity index is 598. The Balaban J connectivity index is 2.53. The van der Waals surface area contributed by atoms with Gasteiger partial charge in [-0.15, -0.1) is 0 Å². The summed E-state index contributed by atoms with van der Waals surface area (Å²) >= 11 is 2.89. The molecule has 0 aliphatic rings. The molecule has 0 radical (unpaired) electrons. The molecule has 0 aliphatic carbocycles. The molecule has 0 fully saturated rings. The molecule has 0 saturated heterocycles. The lowest BCUT2D eigenvalue weighted by molar-refractivity contribution is 0.0691. The summed E-state index contributed by atoms with van der Waals surface area (Å²) in [6.07, 6.45) is 1.10. The van der Waals surface area contributed by atoms with Crippen molar-refractivity contribution in [2.45, 2.75) is 0 Å². The highest BCUT2D eigenvalue weighted by Gasteiger charge is 2.16. The first kappa shape index (κ1) is 11.7. The fourth-order valence-electron chi connectivity index (χ4n) is 1.28. The van der Waals surface area contributed by atoms with Crippen LogP contribution in [0.3, 0.4) is 0 Å². The molecule has 2 rings (SSSR count). The zero-order valence-corrected chi connectivity index (χ0v) is 9.75. The molecular formula is C10H5BrF2N2O2. The number of imidazole rings is 1. The first-order chi connectivity index (χ1) is 8.00. The van der Waals surface area contributed by atoms with Crippen LogP contribution in [0, 0.1) is 11.6 Å². The van der Waals surface area contributed by atoms with Gasteiger partial charge in [0.15, 0.2) is 11.6 Å². The summed E-state index contributed by atoms with van der Waals surface area (Å²) in [6, 6.07) is 2.24. The molecule has 2 N–H and O–H groups in total. The van der Waals surface area contributed by atoms with Gasteiger partial charge in [0.05, 0.1) is 10.7 Å². The van der Waals surface area contributed by atoms with E-state index in [-0.39, 0.29) is 21.6 Å². The van der Waals surface area contributed by atoms with Gasteiger partial charge in [-0.3, -0.25) is 0 Å². The third-order valence-electron chi connectivity index (χ3n) is 2.10. The second-order valence-electron chi connectivity index (χ2n) is 3.17. The number of nitrogens with zero attached hydrogens (tertiary/aromatic N) is 1. The van der Waals surface area contributed by atoms with E-state index in [1.165, 1.54) is 6.07 Å². The molecule has 0 unspecified atom stereocenters. The molecule has 1 aromatic heterocycles. The van der Waals surface area contributed by atoms with E-state index in [1.54, 1.807) is 0 Å². The van der Waals surface area contributed by atoms with E-state index in [2.05, 4.69) is 25.9 Å². The molecule has 1 heterocycles. The Morgan fingerprint density at radius 3 is 2.71 bits per heavy atom. The average molecular weight is 303 g/mol. The number of benzene rings is 1. The molecule has 0 spiro atoms. The van der Waals surface area contributed by atoms with Gasteiger partial charge in [0.1, 0.15) is 11.5 Å². The molecule has 88 valence electrons. The minimum absolute atomic E-state index is 0.108. The molecule has 4 nitrogen and oxygen atoms in total. The zero-order chi connectivity index (χ0) is 12.6. The van der Waals surface area contributed by atoms with Crippen molar-refractivity contribution in [3.05, 3.63) is 40.1 Å². The highest BCUT2D eigenvalue weighted by molar-refractivity contribution is 9.10. The van der Waals surface area contributed by atoms with Gasteiger partial charge in [-0.05, 0) is 28.1 Å². The second kappa shape index (κ2) is 4.25. The van der Waals surface area contributed by atoms with Crippen LogP contribution in [0.5, 0.6) is 0 Å². The van der Waals surface area contributed by atoms with Gasteiger partial charge in [-0.2, -0.15) is 0 Å². The Morgan fingerprint density at radius 2 is 2.12 bits per heavy atom. The lowest BCUT2D eigenvalue weighted by atomic mass is 10.2. The first-order valence-electron chi connectivity index (χ1n) is 4.43. The maximum absolute atomic E-state index is 13.3. The number of rotatable bonds is 2. The summed E-state index contributed by atoms with van der Waals surface area (Å²) in [5.41, 5.74) is 0.119. The van der Waals surface area contributed by atoms with Gasteiger partial charge in [0.2, 0.25) is 0 Å². The third kappa shape index (κ3) is 2.05. The van der Waals surface area contributed by atoms with Crippen LogP contribution >= 0.6 is 15.9 Å².